The number of aromatic nitrogens is 2. The van der Waals surface area contributed by atoms with Crippen LogP contribution < -0.4 is 5.56 Å². The average molecular weight is 283 g/mol. The normalized spacial score (nSPS) is 11.3. The Balaban J connectivity index is 2.59. The van der Waals surface area contributed by atoms with Crippen LogP contribution >= 0.6 is 23.8 Å². The van der Waals surface area contributed by atoms with Gasteiger partial charge >= 0.3 is 0 Å². The number of aromatic amines is 1. The zero-order valence-electron chi connectivity index (χ0n) is 10.4. The fourth-order valence-corrected chi connectivity index (χ4v) is 2.27. The number of hydrogen-bond donors (Lipinski definition) is 1. The van der Waals surface area contributed by atoms with Crippen molar-refractivity contribution in [1.29, 1.82) is 0 Å². The highest BCUT2D eigenvalue weighted by molar-refractivity contribution is 7.71. The molecule has 0 radical (unpaired) electrons. The van der Waals surface area contributed by atoms with Crippen molar-refractivity contribution in [2.45, 2.75) is 26.8 Å². The molecule has 96 valence electrons. The van der Waals surface area contributed by atoms with E-state index >= 15 is 0 Å². The minimum absolute atomic E-state index is 0.0499. The molecule has 1 aromatic heterocycles. The minimum atomic E-state index is -0.0499. The lowest BCUT2D eigenvalue weighted by molar-refractivity contribution is 0.502. The molecule has 0 saturated carbocycles. The Hall–Kier alpha value is -1.13. The Bertz CT molecular complexity index is 687. The maximum absolute atomic E-state index is 12.3. The first-order chi connectivity index (χ1) is 8.49. The summed E-state index contributed by atoms with van der Waals surface area (Å²) < 4.78 is 2.07. The predicted molar refractivity (Wildman–Crippen MR) is 77.9 cm³/mol. The van der Waals surface area contributed by atoms with E-state index in [-0.39, 0.29) is 5.56 Å². The zero-order valence-corrected chi connectivity index (χ0v) is 11.9. The van der Waals surface area contributed by atoms with E-state index in [0.29, 0.717) is 33.2 Å². The number of hydrogen-bond acceptors (Lipinski definition) is 2. The Labute approximate surface area is 115 Å². The summed E-state index contributed by atoms with van der Waals surface area (Å²) in [6.07, 6.45) is 0.927. The highest BCUT2D eigenvalue weighted by Gasteiger charge is 2.06. The van der Waals surface area contributed by atoms with Gasteiger partial charge in [0.2, 0.25) is 0 Å². The van der Waals surface area contributed by atoms with Crippen molar-refractivity contribution in [3.8, 4) is 0 Å². The zero-order chi connectivity index (χ0) is 13.3. The number of H-pyrrole nitrogens is 1. The molecule has 0 unspecified atom stereocenters. The lowest BCUT2D eigenvalue weighted by Gasteiger charge is -2.09. The van der Waals surface area contributed by atoms with Gasteiger partial charge in [-0.05, 0) is 42.8 Å². The minimum Gasteiger partial charge on any atom is -0.332 e. The van der Waals surface area contributed by atoms with Gasteiger partial charge in [0, 0.05) is 11.6 Å². The van der Waals surface area contributed by atoms with E-state index in [2.05, 4.69) is 18.8 Å². The van der Waals surface area contributed by atoms with Crippen molar-refractivity contribution in [3.05, 3.63) is 38.3 Å². The summed E-state index contributed by atoms with van der Waals surface area (Å²) in [4.78, 5) is 15.4. The second-order valence-corrected chi connectivity index (χ2v) is 5.58. The number of rotatable bonds is 3. The van der Waals surface area contributed by atoms with Gasteiger partial charge in [0.15, 0.2) is 4.77 Å². The van der Waals surface area contributed by atoms with Crippen LogP contribution in [0.15, 0.2) is 23.0 Å². The molecule has 5 heteroatoms. The summed E-state index contributed by atoms with van der Waals surface area (Å²) in [6, 6.07) is 5.17. The molecule has 0 aliphatic rings. The van der Waals surface area contributed by atoms with E-state index in [1.165, 1.54) is 0 Å². The van der Waals surface area contributed by atoms with Crippen molar-refractivity contribution in [2.24, 2.45) is 5.92 Å². The molecule has 0 bridgehead atoms. The van der Waals surface area contributed by atoms with Crippen LogP contribution in [0, 0.1) is 10.7 Å². The third-order valence-electron chi connectivity index (χ3n) is 2.87. The molecule has 2 aromatic rings. The van der Waals surface area contributed by atoms with Crippen LogP contribution in [0.3, 0.4) is 0 Å². The molecule has 1 N–H and O–H groups in total. The van der Waals surface area contributed by atoms with Crippen molar-refractivity contribution in [1.82, 2.24) is 9.55 Å². The van der Waals surface area contributed by atoms with Crippen molar-refractivity contribution in [3.63, 3.8) is 0 Å². The Morgan fingerprint density at radius 1 is 1.44 bits per heavy atom. The largest absolute Gasteiger partial charge is 0.332 e. The summed E-state index contributed by atoms with van der Waals surface area (Å²) >= 11 is 11.1. The van der Waals surface area contributed by atoms with E-state index in [9.17, 15) is 4.79 Å². The molecule has 0 saturated heterocycles. The van der Waals surface area contributed by atoms with E-state index < -0.39 is 0 Å². The van der Waals surface area contributed by atoms with Crippen molar-refractivity contribution >= 4 is 34.7 Å². The molecule has 0 amide bonds. The number of nitrogens with zero attached hydrogens (tertiary/aromatic N) is 1. The molecule has 1 aromatic carbocycles. The van der Waals surface area contributed by atoms with Crippen molar-refractivity contribution < 1.29 is 0 Å². The van der Waals surface area contributed by atoms with Gasteiger partial charge < -0.3 is 4.98 Å². The van der Waals surface area contributed by atoms with Gasteiger partial charge in [-0.25, -0.2) is 0 Å². The van der Waals surface area contributed by atoms with E-state index in [4.69, 9.17) is 23.8 Å². The van der Waals surface area contributed by atoms with Crippen LogP contribution in [-0.2, 0) is 6.54 Å². The smallest absolute Gasteiger partial charge is 0.262 e. The molecular formula is C13H15ClN2OS. The molecule has 1 heterocycles. The summed E-state index contributed by atoms with van der Waals surface area (Å²) in [5.41, 5.74) is 0.643. The second kappa shape index (κ2) is 5.24. The van der Waals surface area contributed by atoms with Crippen LogP contribution in [-0.4, -0.2) is 9.55 Å². The molecule has 0 aliphatic carbocycles. The summed E-state index contributed by atoms with van der Waals surface area (Å²) in [7, 11) is 0. The summed E-state index contributed by atoms with van der Waals surface area (Å²) in [6.45, 7) is 4.89. The molecule has 0 aliphatic heterocycles. The Kier molecular flexibility index (Phi) is 3.88. The highest BCUT2D eigenvalue weighted by Crippen LogP contribution is 2.14. The Morgan fingerprint density at radius 2 is 2.17 bits per heavy atom. The maximum atomic E-state index is 12.3. The number of fused-ring (bicyclic) bond motifs is 1. The lowest BCUT2D eigenvalue weighted by Crippen LogP contribution is -2.22. The molecule has 3 nitrogen and oxygen atoms in total. The fourth-order valence-electron chi connectivity index (χ4n) is 1.82. The van der Waals surface area contributed by atoms with Gasteiger partial charge in [-0.1, -0.05) is 25.4 Å². The van der Waals surface area contributed by atoms with Gasteiger partial charge in [-0.15, -0.1) is 0 Å². The van der Waals surface area contributed by atoms with Gasteiger partial charge in [-0.2, -0.15) is 0 Å². The molecule has 0 atom stereocenters. The van der Waals surface area contributed by atoms with Crippen LogP contribution in [0.2, 0.25) is 5.02 Å². The van der Waals surface area contributed by atoms with Gasteiger partial charge in [-0.3, -0.25) is 9.36 Å². The third-order valence-corrected chi connectivity index (χ3v) is 3.43. The standard InChI is InChI=1S/C13H15ClN2OS/c1-8(2)5-6-16-12(17)10-4-3-9(14)7-11(10)15-13(16)18/h3-4,7-8H,5-6H2,1-2H3,(H,15,18). The SMILES string of the molecule is CC(C)CCn1c(=S)[nH]c2cc(Cl)ccc2c1=O. The third kappa shape index (κ3) is 2.65. The fraction of sp³-hybridized carbons (Fsp3) is 0.385. The monoisotopic (exact) mass is 282 g/mol. The van der Waals surface area contributed by atoms with Crippen LogP contribution in [0.5, 0.6) is 0 Å². The first kappa shape index (κ1) is 13.3. The van der Waals surface area contributed by atoms with E-state index in [1.807, 2.05) is 0 Å². The van der Waals surface area contributed by atoms with E-state index in [0.717, 1.165) is 6.42 Å². The first-order valence-electron chi connectivity index (χ1n) is 5.91. The van der Waals surface area contributed by atoms with Gasteiger partial charge in [0.1, 0.15) is 0 Å². The summed E-state index contributed by atoms with van der Waals surface area (Å²) in [5, 5.41) is 1.21. The maximum Gasteiger partial charge on any atom is 0.262 e. The van der Waals surface area contributed by atoms with Crippen LogP contribution in [0.25, 0.3) is 10.9 Å². The van der Waals surface area contributed by atoms with Gasteiger partial charge in [0.05, 0.1) is 10.9 Å². The van der Waals surface area contributed by atoms with Gasteiger partial charge in [0.25, 0.3) is 5.56 Å². The Morgan fingerprint density at radius 3 is 2.83 bits per heavy atom. The summed E-state index contributed by atoms with van der Waals surface area (Å²) in [5.74, 6) is 0.534. The predicted octanol–water partition coefficient (Wildman–Crippen LogP) is 3.76. The topological polar surface area (TPSA) is 37.8 Å². The quantitative estimate of drug-likeness (QED) is 0.871. The molecular weight excluding hydrogens is 268 g/mol. The number of halogens is 1. The first-order valence-corrected chi connectivity index (χ1v) is 6.70. The van der Waals surface area contributed by atoms with Crippen LogP contribution in [0.4, 0.5) is 0 Å². The van der Waals surface area contributed by atoms with Crippen molar-refractivity contribution in [2.75, 3.05) is 0 Å². The molecule has 0 fully saturated rings. The average Bonchev–Trinajstić information content (AvgIpc) is 2.27. The van der Waals surface area contributed by atoms with E-state index in [1.54, 1.807) is 22.8 Å². The van der Waals surface area contributed by atoms with Crippen LogP contribution in [0.1, 0.15) is 20.3 Å². The molecule has 2 rings (SSSR count). The lowest BCUT2D eigenvalue weighted by atomic mass is 10.1. The highest BCUT2D eigenvalue weighted by atomic mass is 35.5. The number of benzene rings is 1. The molecule has 0 spiro atoms. The second-order valence-electron chi connectivity index (χ2n) is 4.76. The molecule has 18 heavy (non-hydrogen) atoms. The number of nitrogens with one attached hydrogen (secondary N) is 1.